The molecule has 0 spiro atoms. The smallest absolute Gasteiger partial charge is 0 e. The van der Waals surface area contributed by atoms with Crippen LogP contribution in [0.3, 0.4) is 0 Å². The van der Waals surface area contributed by atoms with Gasteiger partial charge in [0.2, 0.25) is 5.91 Å². The summed E-state index contributed by atoms with van der Waals surface area (Å²) in [5.41, 5.74) is 4.88. The van der Waals surface area contributed by atoms with Crippen LogP contribution in [0.4, 0.5) is 9.59 Å². The number of ether oxygens (including phenoxy) is 2. The number of hydrazine groups is 1. The van der Waals surface area contributed by atoms with E-state index >= 15 is 0 Å². The van der Waals surface area contributed by atoms with Crippen molar-refractivity contribution in [3.63, 3.8) is 0 Å². The summed E-state index contributed by atoms with van der Waals surface area (Å²) in [5, 5.41) is 29.2. The Morgan fingerprint density at radius 1 is 0.786 bits per heavy atom. The maximum atomic E-state index is 13.8. The number of aliphatic hydroxyl groups excluding tert-OH is 2. The Balaban J connectivity index is 0.00000298. The fourth-order valence-electron chi connectivity index (χ4n) is 5.38. The van der Waals surface area contributed by atoms with E-state index in [4.69, 9.17) is 14.6 Å². The molecule has 0 unspecified atom stereocenters. The van der Waals surface area contributed by atoms with E-state index < -0.39 is 59.1 Å². The number of hydrogen-bond acceptors (Lipinski definition) is 11. The minimum atomic E-state index is -1.22. The normalized spacial score (nSPS) is 13.2. The molecule has 0 saturated heterocycles. The molecule has 2 aromatic carbocycles. The zero-order valence-corrected chi connectivity index (χ0v) is 36.3. The first kappa shape index (κ1) is 49.9. The van der Waals surface area contributed by atoms with Crippen LogP contribution < -0.4 is 21.4 Å². The van der Waals surface area contributed by atoms with Crippen LogP contribution >= 0.6 is 0 Å². The van der Waals surface area contributed by atoms with E-state index in [9.17, 15) is 24.3 Å². The van der Waals surface area contributed by atoms with Gasteiger partial charge in [0.15, 0.2) is 0 Å². The monoisotopic (exact) mass is 849 g/mol. The van der Waals surface area contributed by atoms with Gasteiger partial charge in [0.1, 0.15) is 12.1 Å². The fourth-order valence-corrected chi connectivity index (χ4v) is 5.38. The molecule has 15 nitrogen and oxygen atoms in total. The number of rotatable bonds is 15. The molecule has 3 rings (SSSR count). The number of pyridine rings is 1. The zero-order valence-electron chi connectivity index (χ0n) is 33.5. The van der Waals surface area contributed by atoms with Gasteiger partial charge in [0, 0.05) is 57.6 Å². The van der Waals surface area contributed by atoms with Crippen molar-refractivity contribution in [2.24, 2.45) is 15.7 Å². The van der Waals surface area contributed by atoms with Crippen molar-refractivity contribution in [1.82, 2.24) is 31.4 Å². The molecule has 0 aliphatic carbocycles. The van der Waals surface area contributed by atoms with Gasteiger partial charge in [-0.15, -0.1) is 0 Å². The van der Waals surface area contributed by atoms with Gasteiger partial charge in [0.25, 0.3) is 5.91 Å². The molecule has 4 amide bonds. The van der Waals surface area contributed by atoms with E-state index in [0.29, 0.717) is 0 Å². The average molecular weight is 850 g/mol. The Hall–Kier alpha value is -4.08. The third-order valence-electron chi connectivity index (χ3n) is 8.29. The van der Waals surface area contributed by atoms with Crippen LogP contribution in [-0.4, -0.2) is 104 Å². The molecule has 6 N–H and O–H groups in total. The van der Waals surface area contributed by atoms with Crippen molar-refractivity contribution in [3.05, 3.63) is 90.1 Å². The van der Waals surface area contributed by atoms with Crippen molar-refractivity contribution in [2.45, 2.75) is 78.7 Å². The average Bonchev–Trinajstić information content (AvgIpc) is 3.15. The molecule has 56 heavy (non-hydrogen) atoms. The van der Waals surface area contributed by atoms with Gasteiger partial charge in [-0.05, 0) is 40.5 Å². The number of hydrogen-bond donors (Lipinski definition) is 6. The van der Waals surface area contributed by atoms with E-state index in [1.54, 1.807) is 32.0 Å². The Morgan fingerprint density at radius 3 is 1.77 bits per heavy atom. The van der Waals surface area contributed by atoms with E-state index in [-0.39, 0.29) is 59.0 Å². The van der Waals surface area contributed by atoms with Gasteiger partial charge in [-0.25, -0.2) is 14.6 Å². The van der Waals surface area contributed by atoms with E-state index in [1.165, 1.54) is 14.2 Å². The maximum Gasteiger partial charge on any atom is 0 e. The zero-order chi connectivity index (χ0) is 41.2. The van der Waals surface area contributed by atoms with Crippen LogP contribution in [0.2, 0.25) is 0 Å². The largest absolute Gasteiger partial charge is 0 e. The number of amides is 4. The summed E-state index contributed by atoms with van der Waals surface area (Å²) in [5.74, 6) is -1.03. The third kappa shape index (κ3) is 17.4. The Bertz CT molecular complexity index is 1660. The Labute approximate surface area is 356 Å². The molecule has 0 bridgehead atoms. The van der Waals surface area contributed by atoms with E-state index in [2.05, 4.69) is 38.9 Å². The van der Waals surface area contributed by atoms with Crippen LogP contribution in [0, 0.1) is 10.8 Å². The Kier molecular flexibility index (Phi) is 21.9. The van der Waals surface area contributed by atoms with Gasteiger partial charge < -0.3 is 30.5 Å². The van der Waals surface area contributed by atoms with Crippen LogP contribution in [-0.2, 0) is 64.7 Å². The molecular weight excluding hydrogens is 794 g/mol. The molecule has 1 aromatic heterocycles. The van der Waals surface area contributed by atoms with Gasteiger partial charge in [-0.3, -0.25) is 20.0 Å². The van der Waals surface area contributed by atoms with Gasteiger partial charge in [-0.2, -0.15) is 0 Å². The van der Waals surface area contributed by atoms with Crippen LogP contribution in [0.15, 0.2) is 83.9 Å². The quantitative estimate of drug-likeness (QED) is 0.0971. The fraction of sp³-hybridized carbons (Fsp3) is 0.462. The molecule has 0 aliphatic heterocycles. The first-order valence-corrected chi connectivity index (χ1v) is 17.7. The number of aromatic nitrogens is 1. The summed E-state index contributed by atoms with van der Waals surface area (Å²) in [4.78, 5) is 59.1. The molecular formula is C39H55BN7O8Y. The van der Waals surface area contributed by atoms with Crippen molar-refractivity contribution in [3.8, 4) is 11.3 Å². The van der Waals surface area contributed by atoms with Gasteiger partial charge in [-0.1, -0.05) is 102 Å². The second-order valence-corrected chi connectivity index (χ2v) is 14.8. The number of methoxy groups -OCH3 is 2. The van der Waals surface area contributed by atoms with Crippen molar-refractivity contribution < 1.29 is 71.6 Å². The van der Waals surface area contributed by atoms with Gasteiger partial charge in [0.05, 0.1) is 32.1 Å². The molecule has 300 valence electrons. The number of alkyl carbamates (subject to hydrolysis) is 2. The molecule has 2 radical (unpaired) electrons. The maximum absolute atomic E-state index is 13.8. The number of nitrogens with zero attached hydrogens (tertiary/aromatic N) is 3. The van der Waals surface area contributed by atoms with Crippen molar-refractivity contribution in [1.29, 1.82) is 0 Å². The molecule has 3 aromatic rings. The summed E-state index contributed by atoms with van der Waals surface area (Å²) in [6, 6.07) is 19.8. The summed E-state index contributed by atoms with van der Waals surface area (Å²) < 4.78 is 9.54. The number of aliphatic hydroxyl groups is 2. The summed E-state index contributed by atoms with van der Waals surface area (Å²) in [7, 11) is 6.84. The molecule has 4 atom stereocenters. The van der Waals surface area contributed by atoms with Crippen LogP contribution in [0.5, 0.6) is 0 Å². The number of nitrogens with one attached hydrogen (secondary N) is 4. The molecule has 0 saturated carbocycles. The topological polar surface area (TPSA) is 204 Å². The summed E-state index contributed by atoms with van der Waals surface area (Å²) in [6.45, 7) is 10.6. The summed E-state index contributed by atoms with van der Waals surface area (Å²) >= 11 is 0. The van der Waals surface area contributed by atoms with Crippen LogP contribution in [0.1, 0.15) is 52.7 Å². The predicted octanol–water partition coefficient (Wildman–Crippen LogP) is 3.50. The molecule has 0 aliphatic rings. The standard InChI is InChI=1S/C38H52N6O7.CH3BNO.Y/c1-37(2,3)31(41-35(48)50-7)33(46)40-29(22-25-14-10-9-11-15-25)30(45)24-44(43-34(47)32(38(4,5)6)42-36(49)51-8)23-26-17-19-27(20-18-26)28-16-12-13-21-39-28;2-3-1-4;/h9-21,29-32,45H,22-24H2,1-8H3,(H,40,46)(H,41,48)(H,42,49)(H,43,47);4H,1H2;/t29-,30-,31+,32+;;/m0../s1. The van der Waals surface area contributed by atoms with E-state index in [0.717, 1.165) is 22.4 Å². The first-order valence-electron chi connectivity index (χ1n) is 17.7. The number of carbonyl (C=O) groups is 4. The van der Waals surface area contributed by atoms with E-state index in [1.807, 2.05) is 93.6 Å². The van der Waals surface area contributed by atoms with Crippen LogP contribution in [0.25, 0.3) is 11.3 Å². The molecule has 1 heterocycles. The molecule has 17 heteroatoms. The Morgan fingerprint density at radius 2 is 1.30 bits per heavy atom. The second-order valence-electron chi connectivity index (χ2n) is 14.8. The third-order valence-corrected chi connectivity index (χ3v) is 8.29. The SMILES string of the molecule is COC(=O)N[C@H](C(=O)N[C@@H](Cc1ccccc1)[C@@H](O)CN(Cc1ccc(-c2ccccn2)cc1)NC(=O)[C@@H](NC(=O)OC)C(C)(C)C)C(C)(C)C.[B]=NCO.[Y]. The predicted molar refractivity (Wildman–Crippen MR) is 209 cm³/mol. The number of carbonyl (C=O) groups excluding carboxylic acids is 4. The van der Waals surface area contributed by atoms with Crippen molar-refractivity contribution >= 4 is 31.6 Å². The van der Waals surface area contributed by atoms with Crippen molar-refractivity contribution in [2.75, 3.05) is 27.5 Å². The minimum Gasteiger partial charge on any atom is 0 e. The summed E-state index contributed by atoms with van der Waals surface area (Å²) in [6.07, 6.45) is -0.778. The number of benzene rings is 2. The second kappa shape index (κ2) is 24.5. The first-order chi connectivity index (χ1) is 25.9. The molecule has 0 fully saturated rings. The minimum absolute atomic E-state index is 0. The van der Waals surface area contributed by atoms with Gasteiger partial charge >= 0.3 is 36.6 Å².